The first-order valence-corrected chi connectivity index (χ1v) is 5.37. The fourth-order valence-electron chi connectivity index (χ4n) is 1.84. The van der Waals surface area contributed by atoms with Crippen molar-refractivity contribution in [3.05, 3.63) is 35.4 Å². The van der Waals surface area contributed by atoms with Crippen LogP contribution in [0.15, 0.2) is 24.3 Å². The van der Waals surface area contributed by atoms with Gasteiger partial charge in [-0.2, -0.15) is 0 Å². The number of ether oxygens (including phenoxy) is 1. The van der Waals surface area contributed by atoms with Crippen molar-refractivity contribution >= 4 is 0 Å². The maximum Gasteiger partial charge on any atom is 0.0949 e. The van der Waals surface area contributed by atoms with E-state index < -0.39 is 0 Å². The van der Waals surface area contributed by atoms with E-state index >= 15 is 0 Å². The van der Waals surface area contributed by atoms with Gasteiger partial charge in [-0.15, -0.1) is 0 Å². The number of benzene rings is 1. The number of rotatable bonds is 3. The Balaban J connectivity index is 2.09. The fraction of sp³-hybridized carbons (Fsp3) is 0.500. The zero-order chi connectivity index (χ0) is 10.5. The molecule has 0 saturated carbocycles. The molecule has 0 spiro atoms. The first kappa shape index (κ1) is 10.6. The summed E-state index contributed by atoms with van der Waals surface area (Å²) in [5.41, 5.74) is 2.19. The molecule has 1 aromatic carbocycles. The van der Waals surface area contributed by atoms with Gasteiger partial charge in [-0.1, -0.05) is 24.3 Å². The Kier molecular flexibility index (Phi) is 3.69. The third-order valence-corrected chi connectivity index (χ3v) is 2.63. The summed E-state index contributed by atoms with van der Waals surface area (Å²) in [4.78, 5) is 0. The number of hydrogen-bond acceptors (Lipinski definition) is 2. The molecule has 1 saturated heterocycles. The summed E-state index contributed by atoms with van der Waals surface area (Å²) in [6.07, 6.45) is 0.617. The number of aryl methyl sites for hydroxylation is 1. The molecule has 1 N–H and O–H groups in total. The lowest BCUT2D eigenvalue weighted by Gasteiger charge is -2.24. The van der Waals surface area contributed by atoms with Crippen LogP contribution in [0.4, 0.5) is 4.39 Å². The van der Waals surface area contributed by atoms with Crippen LogP contribution < -0.4 is 5.32 Å². The van der Waals surface area contributed by atoms with Crippen molar-refractivity contribution in [2.24, 2.45) is 0 Å². The van der Waals surface area contributed by atoms with Gasteiger partial charge in [-0.3, -0.25) is 4.39 Å². The summed E-state index contributed by atoms with van der Waals surface area (Å²) >= 11 is 0. The van der Waals surface area contributed by atoms with Crippen LogP contribution in [0, 0.1) is 0 Å². The van der Waals surface area contributed by atoms with E-state index in [4.69, 9.17) is 4.74 Å². The Morgan fingerprint density at radius 3 is 3.13 bits per heavy atom. The SMILES string of the molecule is FCCc1cccc(C2CNCCO2)c1. The van der Waals surface area contributed by atoms with Gasteiger partial charge in [0.15, 0.2) is 0 Å². The van der Waals surface area contributed by atoms with Crippen LogP contribution in [-0.2, 0) is 11.2 Å². The van der Waals surface area contributed by atoms with Crippen LogP contribution in [0.3, 0.4) is 0 Å². The van der Waals surface area contributed by atoms with Gasteiger partial charge in [-0.05, 0) is 11.1 Å². The van der Waals surface area contributed by atoms with E-state index in [0.717, 1.165) is 30.8 Å². The second-order valence-electron chi connectivity index (χ2n) is 3.75. The van der Waals surface area contributed by atoms with Gasteiger partial charge in [0.1, 0.15) is 0 Å². The van der Waals surface area contributed by atoms with Crippen molar-refractivity contribution < 1.29 is 9.13 Å². The maximum absolute atomic E-state index is 12.2. The van der Waals surface area contributed by atoms with E-state index in [1.54, 1.807) is 0 Å². The molecule has 1 unspecified atom stereocenters. The normalized spacial score (nSPS) is 21.5. The lowest BCUT2D eigenvalue weighted by molar-refractivity contribution is 0.0276. The highest BCUT2D eigenvalue weighted by molar-refractivity contribution is 5.26. The Bertz CT molecular complexity index is 310. The lowest BCUT2D eigenvalue weighted by Crippen LogP contribution is -2.33. The molecule has 2 rings (SSSR count). The Morgan fingerprint density at radius 1 is 1.47 bits per heavy atom. The molecule has 0 aromatic heterocycles. The predicted molar refractivity (Wildman–Crippen MR) is 57.7 cm³/mol. The average Bonchev–Trinajstić information content (AvgIpc) is 2.31. The summed E-state index contributed by atoms with van der Waals surface area (Å²) in [5, 5.41) is 3.29. The summed E-state index contributed by atoms with van der Waals surface area (Å²) in [6, 6.07) is 8.01. The number of hydrogen-bond donors (Lipinski definition) is 1. The largest absolute Gasteiger partial charge is 0.371 e. The molecule has 0 amide bonds. The first-order valence-electron chi connectivity index (χ1n) is 5.37. The lowest BCUT2D eigenvalue weighted by atomic mass is 10.0. The summed E-state index contributed by atoms with van der Waals surface area (Å²) in [7, 11) is 0. The van der Waals surface area contributed by atoms with E-state index in [0.29, 0.717) is 6.42 Å². The van der Waals surface area contributed by atoms with Crippen LogP contribution in [0.25, 0.3) is 0 Å². The Labute approximate surface area is 89.4 Å². The zero-order valence-corrected chi connectivity index (χ0v) is 8.71. The average molecular weight is 209 g/mol. The molecule has 0 bridgehead atoms. The molecular weight excluding hydrogens is 193 g/mol. The number of halogens is 1. The van der Waals surface area contributed by atoms with E-state index in [2.05, 4.69) is 5.32 Å². The van der Waals surface area contributed by atoms with Crippen LogP contribution in [0.5, 0.6) is 0 Å². The van der Waals surface area contributed by atoms with Gasteiger partial charge in [0.05, 0.1) is 19.4 Å². The molecule has 15 heavy (non-hydrogen) atoms. The van der Waals surface area contributed by atoms with Gasteiger partial charge in [0.2, 0.25) is 0 Å². The summed E-state index contributed by atoms with van der Waals surface area (Å²) < 4.78 is 17.9. The quantitative estimate of drug-likeness (QED) is 0.820. The second-order valence-corrected chi connectivity index (χ2v) is 3.75. The van der Waals surface area contributed by atoms with Crippen LogP contribution in [0.1, 0.15) is 17.2 Å². The molecule has 1 aliphatic rings. The monoisotopic (exact) mass is 209 g/mol. The molecule has 0 radical (unpaired) electrons. The Morgan fingerprint density at radius 2 is 2.40 bits per heavy atom. The zero-order valence-electron chi connectivity index (χ0n) is 8.71. The fourth-order valence-corrected chi connectivity index (χ4v) is 1.84. The third kappa shape index (κ3) is 2.76. The van der Waals surface area contributed by atoms with E-state index in [1.807, 2.05) is 24.3 Å². The van der Waals surface area contributed by atoms with Crippen molar-refractivity contribution in [1.29, 1.82) is 0 Å². The molecule has 1 aliphatic heterocycles. The van der Waals surface area contributed by atoms with Crippen molar-refractivity contribution in [3.63, 3.8) is 0 Å². The van der Waals surface area contributed by atoms with Gasteiger partial charge in [0.25, 0.3) is 0 Å². The standard InChI is InChI=1S/C12H16FNO/c13-5-4-10-2-1-3-11(8-10)12-9-14-6-7-15-12/h1-3,8,12,14H,4-7,9H2. The van der Waals surface area contributed by atoms with Crippen LogP contribution in [-0.4, -0.2) is 26.4 Å². The topological polar surface area (TPSA) is 21.3 Å². The van der Waals surface area contributed by atoms with E-state index in [9.17, 15) is 4.39 Å². The third-order valence-electron chi connectivity index (χ3n) is 2.63. The van der Waals surface area contributed by atoms with Crippen molar-refractivity contribution in [2.45, 2.75) is 12.5 Å². The second kappa shape index (κ2) is 5.24. The Hall–Kier alpha value is -0.930. The molecule has 1 aromatic rings. The van der Waals surface area contributed by atoms with E-state index in [1.165, 1.54) is 0 Å². The first-order chi connectivity index (χ1) is 7.40. The molecule has 2 nitrogen and oxygen atoms in total. The highest BCUT2D eigenvalue weighted by Gasteiger charge is 2.15. The van der Waals surface area contributed by atoms with E-state index in [-0.39, 0.29) is 12.8 Å². The summed E-state index contributed by atoms with van der Waals surface area (Å²) in [6.45, 7) is 2.21. The summed E-state index contributed by atoms with van der Waals surface area (Å²) in [5.74, 6) is 0. The molecular formula is C12H16FNO. The van der Waals surface area contributed by atoms with Crippen LogP contribution >= 0.6 is 0 Å². The minimum absolute atomic E-state index is 0.123. The molecule has 1 heterocycles. The van der Waals surface area contributed by atoms with Crippen molar-refractivity contribution in [3.8, 4) is 0 Å². The molecule has 82 valence electrons. The maximum atomic E-state index is 12.2. The van der Waals surface area contributed by atoms with Gasteiger partial charge in [0, 0.05) is 19.5 Å². The molecule has 0 aliphatic carbocycles. The van der Waals surface area contributed by atoms with Gasteiger partial charge < -0.3 is 10.1 Å². The smallest absolute Gasteiger partial charge is 0.0949 e. The highest BCUT2D eigenvalue weighted by atomic mass is 19.1. The molecule has 1 atom stereocenters. The van der Waals surface area contributed by atoms with Crippen molar-refractivity contribution in [1.82, 2.24) is 5.32 Å². The number of nitrogens with one attached hydrogen (secondary N) is 1. The predicted octanol–water partition coefficient (Wildman–Crippen LogP) is 1.86. The minimum atomic E-state index is -0.298. The van der Waals surface area contributed by atoms with Crippen LogP contribution in [0.2, 0.25) is 0 Å². The minimum Gasteiger partial charge on any atom is -0.371 e. The van der Waals surface area contributed by atoms with Gasteiger partial charge in [-0.25, -0.2) is 0 Å². The number of alkyl halides is 1. The van der Waals surface area contributed by atoms with Gasteiger partial charge >= 0.3 is 0 Å². The highest BCUT2D eigenvalue weighted by Crippen LogP contribution is 2.19. The van der Waals surface area contributed by atoms with Crippen molar-refractivity contribution in [2.75, 3.05) is 26.4 Å². The number of morpholine rings is 1. The molecule has 3 heteroatoms. The molecule has 1 fully saturated rings.